The molecule has 0 amide bonds. The zero-order chi connectivity index (χ0) is 44.9. The molecule has 0 aromatic heterocycles. The molecule has 0 bridgehead atoms. The van der Waals surface area contributed by atoms with Crippen LogP contribution in [0.25, 0.3) is 0 Å². The Labute approximate surface area is 373 Å². The van der Waals surface area contributed by atoms with Crippen LogP contribution in [0.2, 0.25) is 0 Å². The summed E-state index contributed by atoms with van der Waals surface area (Å²) in [4.78, 5) is 36.9. The smallest absolute Gasteiger partial charge is 0.306 e. The van der Waals surface area contributed by atoms with Gasteiger partial charge in [0.15, 0.2) is 6.10 Å². The number of aliphatic carboxylic acids is 1. The van der Waals surface area contributed by atoms with E-state index in [1.807, 2.05) is 0 Å². The van der Waals surface area contributed by atoms with Crippen LogP contribution in [-0.2, 0) is 28.6 Å². The number of esters is 2. The maximum absolute atomic E-state index is 12.7. The quantitative estimate of drug-likeness (QED) is 0.0261. The molecular weight excluding hydrogens is 763 g/mol. The van der Waals surface area contributed by atoms with Crippen LogP contribution in [0.1, 0.15) is 168 Å². The lowest BCUT2D eigenvalue weighted by Crippen LogP contribution is -2.55. The predicted octanol–water partition coefficient (Wildman–Crippen LogP) is 12.1. The summed E-state index contributed by atoms with van der Waals surface area (Å²) in [5.41, 5.74) is 0. The molecule has 61 heavy (non-hydrogen) atoms. The lowest BCUT2D eigenvalue weighted by Gasteiger charge is -2.34. The molecule has 0 saturated carbocycles. The molecule has 0 saturated heterocycles. The third kappa shape index (κ3) is 41.4. The highest BCUT2D eigenvalue weighted by Gasteiger charge is 2.25. The molecule has 0 aliphatic heterocycles. The molecule has 0 aliphatic carbocycles. The number of carbonyl (C=O) groups is 3. The zero-order valence-electron chi connectivity index (χ0n) is 39.3. The lowest BCUT2D eigenvalue weighted by molar-refractivity contribution is -0.889. The minimum atomic E-state index is -1.14. The highest BCUT2D eigenvalue weighted by Crippen LogP contribution is 2.11. The zero-order valence-corrected chi connectivity index (χ0v) is 39.3. The number of hydrogen-bond donors (Lipinski definition) is 0. The number of carbonyl (C=O) groups excluding carboxylic acids is 3. The maximum atomic E-state index is 12.7. The fourth-order valence-corrected chi connectivity index (χ4v) is 6.29. The Morgan fingerprint density at radius 2 is 0.934 bits per heavy atom. The minimum absolute atomic E-state index is 0.00615. The molecule has 2 atom stereocenters. The van der Waals surface area contributed by atoms with E-state index >= 15 is 0 Å². The Hall–Kier alpha value is -3.75. The van der Waals surface area contributed by atoms with Gasteiger partial charge in [0, 0.05) is 19.3 Å². The number of likely N-dealkylation sites (N-methyl/N-ethyl adjacent to an activating group) is 1. The van der Waals surface area contributed by atoms with Crippen molar-refractivity contribution in [1.82, 2.24) is 0 Å². The average Bonchev–Trinajstić information content (AvgIpc) is 3.22. The van der Waals surface area contributed by atoms with E-state index in [2.05, 4.69) is 111 Å². The molecule has 2 unspecified atom stereocenters. The molecule has 346 valence electrons. The second-order valence-corrected chi connectivity index (χ2v) is 16.6. The van der Waals surface area contributed by atoms with Crippen molar-refractivity contribution in [2.75, 3.05) is 41.0 Å². The fraction of sp³-hybridized carbons (Fsp3) is 0.642. The van der Waals surface area contributed by atoms with Gasteiger partial charge < -0.3 is 28.6 Å². The number of rotatable bonds is 41. The summed E-state index contributed by atoms with van der Waals surface area (Å²) >= 11 is 0. The number of hydrogen-bond acceptors (Lipinski definition) is 7. The average molecular weight is 850 g/mol. The molecule has 0 aliphatic rings. The summed E-state index contributed by atoms with van der Waals surface area (Å²) in [6.07, 6.45) is 57.3. The molecule has 0 spiro atoms. The highest BCUT2D eigenvalue weighted by atomic mass is 16.6. The Kier molecular flexibility index (Phi) is 40.3. The lowest BCUT2D eigenvalue weighted by atomic mass is 10.1. The van der Waals surface area contributed by atoms with Crippen LogP contribution in [-0.4, -0.2) is 75.5 Å². The van der Waals surface area contributed by atoms with Gasteiger partial charge in [0.25, 0.3) is 0 Å². The van der Waals surface area contributed by atoms with Crippen molar-refractivity contribution in [2.24, 2.45) is 0 Å². The fourth-order valence-electron chi connectivity index (χ4n) is 6.29. The van der Waals surface area contributed by atoms with Gasteiger partial charge in [-0.15, -0.1) is 0 Å². The molecule has 0 aromatic carbocycles. The second-order valence-electron chi connectivity index (χ2n) is 16.6. The van der Waals surface area contributed by atoms with Crippen molar-refractivity contribution in [1.29, 1.82) is 0 Å². The minimum Gasteiger partial charge on any atom is -0.544 e. The van der Waals surface area contributed by atoms with Crippen molar-refractivity contribution in [3.05, 3.63) is 97.2 Å². The van der Waals surface area contributed by atoms with Crippen LogP contribution in [0.15, 0.2) is 97.2 Å². The largest absolute Gasteiger partial charge is 0.544 e. The number of ether oxygens (including phenoxy) is 3. The molecule has 8 nitrogen and oxygen atoms in total. The molecule has 0 radical (unpaired) electrons. The van der Waals surface area contributed by atoms with E-state index in [1.54, 1.807) is 21.1 Å². The summed E-state index contributed by atoms with van der Waals surface area (Å²) in [6.45, 7) is 4.44. The number of nitrogens with zero attached hydrogens (tertiary/aromatic N) is 1. The van der Waals surface area contributed by atoms with Gasteiger partial charge in [0.1, 0.15) is 12.6 Å². The van der Waals surface area contributed by atoms with Crippen LogP contribution in [0.4, 0.5) is 0 Å². The summed E-state index contributed by atoms with van der Waals surface area (Å²) in [7, 11) is 5.37. The first-order valence-electron chi connectivity index (χ1n) is 23.8. The first-order valence-corrected chi connectivity index (χ1v) is 23.8. The SMILES string of the molecule is CC/C=C/C/C=C/C/C=C/C/C=C/C/C=C/CCCCCCC(=O)OCC(COCCC(C(=O)[O-])[N+](C)(C)C)OC(=O)CCC/C=C/C/C=C/C/C=C/CCCCCCCC. The number of allylic oxidation sites excluding steroid dienone is 16. The molecule has 0 N–H and O–H groups in total. The molecule has 0 fully saturated rings. The van der Waals surface area contributed by atoms with Crippen LogP contribution in [0, 0.1) is 0 Å². The van der Waals surface area contributed by atoms with Gasteiger partial charge in [-0.05, 0) is 89.9 Å². The maximum Gasteiger partial charge on any atom is 0.306 e. The topological polar surface area (TPSA) is 102 Å². The van der Waals surface area contributed by atoms with Gasteiger partial charge in [-0.2, -0.15) is 0 Å². The van der Waals surface area contributed by atoms with E-state index in [9.17, 15) is 19.5 Å². The summed E-state index contributed by atoms with van der Waals surface area (Å²) in [5.74, 6) is -1.85. The second kappa shape index (κ2) is 42.9. The molecule has 0 aromatic rings. The van der Waals surface area contributed by atoms with Crippen molar-refractivity contribution in [2.45, 2.75) is 180 Å². The van der Waals surface area contributed by atoms with E-state index in [-0.39, 0.29) is 49.1 Å². The number of unbranched alkanes of at least 4 members (excludes halogenated alkanes) is 11. The van der Waals surface area contributed by atoms with Crippen LogP contribution >= 0.6 is 0 Å². The Morgan fingerprint density at radius 1 is 0.508 bits per heavy atom. The van der Waals surface area contributed by atoms with Crippen LogP contribution in [0.3, 0.4) is 0 Å². The van der Waals surface area contributed by atoms with Crippen molar-refractivity contribution < 1.29 is 38.2 Å². The molecule has 8 heteroatoms. The van der Waals surface area contributed by atoms with E-state index in [1.165, 1.54) is 38.5 Å². The van der Waals surface area contributed by atoms with Crippen molar-refractivity contribution in [3.8, 4) is 0 Å². The number of carboxylic acids is 1. The molecule has 0 rings (SSSR count). The third-order valence-corrected chi connectivity index (χ3v) is 9.95. The van der Waals surface area contributed by atoms with E-state index in [0.29, 0.717) is 12.8 Å². The number of quaternary nitrogens is 1. The predicted molar refractivity (Wildman–Crippen MR) is 254 cm³/mol. The van der Waals surface area contributed by atoms with Gasteiger partial charge in [0.2, 0.25) is 0 Å². The van der Waals surface area contributed by atoms with Gasteiger partial charge in [0.05, 0.1) is 40.3 Å². The Balaban J connectivity index is 4.45. The van der Waals surface area contributed by atoms with Crippen molar-refractivity contribution in [3.63, 3.8) is 0 Å². The van der Waals surface area contributed by atoms with E-state index < -0.39 is 18.1 Å². The summed E-state index contributed by atoms with van der Waals surface area (Å²) < 4.78 is 17.1. The standard InChI is InChI=1S/C53H87NO7/c1-6-8-10-12-14-16-18-20-22-24-25-26-28-29-31-33-35-37-39-41-43-51(55)60-48-49(47-59-46-45-50(53(57)58)54(3,4)5)61-52(56)44-42-40-38-36-34-32-30-27-23-21-19-17-15-13-11-9-7-2/h8,10,14,16,20-23,25-26,29-32,36,38,49-50H,6-7,9,11-13,15,17-19,24,27-28,33-35,37,39-48H2,1-5H3/b10-8+,16-14+,22-20+,23-21+,26-25+,31-29+,32-30+,38-36+. The van der Waals surface area contributed by atoms with Gasteiger partial charge >= 0.3 is 11.9 Å². The Bertz CT molecular complexity index is 1310. The first kappa shape index (κ1) is 57.2. The summed E-state index contributed by atoms with van der Waals surface area (Å²) in [5, 5.41) is 11.6. The first-order chi connectivity index (χ1) is 29.6. The third-order valence-electron chi connectivity index (χ3n) is 9.95. The normalized spacial score (nSPS) is 13.8. The van der Waals surface area contributed by atoms with Gasteiger partial charge in [-0.25, -0.2) is 0 Å². The summed E-state index contributed by atoms with van der Waals surface area (Å²) in [6, 6.07) is -0.744. The van der Waals surface area contributed by atoms with Crippen LogP contribution < -0.4 is 5.11 Å². The molecular formula is C53H87NO7. The highest BCUT2D eigenvalue weighted by molar-refractivity contribution is 5.70. The van der Waals surface area contributed by atoms with Gasteiger partial charge in [-0.1, -0.05) is 156 Å². The monoisotopic (exact) mass is 850 g/mol. The number of carboxylic acid groups (broad SMARTS) is 1. The Morgan fingerprint density at radius 3 is 1.41 bits per heavy atom. The van der Waals surface area contributed by atoms with E-state index in [0.717, 1.165) is 89.9 Å². The van der Waals surface area contributed by atoms with E-state index in [4.69, 9.17) is 14.2 Å². The molecule has 0 heterocycles. The van der Waals surface area contributed by atoms with Crippen LogP contribution in [0.5, 0.6) is 0 Å². The van der Waals surface area contributed by atoms with Crippen molar-refractivity contribution >= 4 is 17.9 Å². The van der Waals surface area contributed by atoms with Gasteiger partial charge in [-0.3, -0.25) is 9.59 Å².